The number of rotatable bonds is 8. The summed E-state index contributed by atoms with van der Waals surface area (Å²) in [5.41, 5.74) is 3.86. The molecule has 0 unspecified atom stereocenters. The van der Waals surface area contributed by atoms with Gasteiger partial charge in [-0.3, -0.25) is 10.3 Å². The van der Waals surface area contributed by atoms with Gasteiger partial charge >= 0.3 is 6.03 Å². The Morgan fingerprint density at radius 1 is 1.10 bits per heavy atom. The number of aromatic nitrogens is 3. The fraction of sp³-hybridized carbons (Fsp3) is 0.217. The molecule has 0 radical (unpaired) electrons. The summed E-state index contributed by atoms with van der Waals surface area (Å²) in [4.78, 5) is 25.3. The first-order valence-corrected chi connectivity index (χ1v) is 9.70. The van der Waals surface area contributed by atoms with E-state index in [1.165, 1.54) is 5.56 Å². The number of aryl methyl sites for hydroxylation is 1. The highest BCUT2D eigenvalue weighted by Crippen LogP contribution is 2.16. The number of anilines is 1. The number of hydrogen-bond acceptors (Lipinski definition) is 4. The predicted molar refractivity (Wildman–Crippen MR) is 118 cm³/mol. The van der Waals surface area contributed by atoms with E-state index in [2.05, 4.69) is 44.3 Å². The highest BCUT2D eigenvalue weighted by Gasteiger charge is 2.07. The van der Waals surface area contributed by atoms with Crippen molar-refractivity contribution in [3.63, 3.8) is 0 Å². The van der Waals surface area contributed by atoms with Gasteiger partial charge in [-0.15, -0.1) is 0 Å². The van der Waals surface area contributed by atoms with Crippen LogP contribution in [0, 0.1) is 0 Å². The molecular weight excluding hydrogens is 362 g/mol. The third kappa shape index (κ3) is 5.97. The average Bonchev–Trinajstić information content (AvgIpc) is 2.74. The van der Waals surface area contributed by atoms with Crippen molar-refractivity contribution in [1.82, 2.24) is 20.3 Å². The molecule has 2 aromatic heterocycles. The zero-order valence-electron chi connectivity index (χ0n) is 16.6. The van der Waals surface area contributed by atoms with Gasteiger partial charge in [0.05, 0.1) is 11.9 Å². The van der Waals surface area contributed by atoms with Crippen LogP contribution in [-0.2, 0) is 6.42 Å². The Morgan fingerprint density at radius 2 is 1.93 bits per heavy atom. The fourth-order valence-electron chi connectivity index (χ4n) is 2.87. The van der Waals surface area contributed by atoms with Crippen LogP contribution in [0.2, 0.25) is 0 Å². The van der Waals surface area contributed by atoms with E-state index in [9.17, 15) is 4.79 Å². The molecule has 0 saturated heterocycles. The summed E-state index contributed by atoms with van der Waals surface area (Å²) in [5, 5.41) is 5.61. The van der Waals surface area contributed by atoms with Crippen molar-refractivity contribution in [3.05, 3.63) is 78.6 Å². The van der Waals surface area contributed by atoms with E-state index in [0.29, 0.717) is 29.2 Å². The molecule has 148 valence electrons. The van der Waals surface area contributed by atoms with Crippen molar-refractivity contribution in [1.29, 1.82) is 0 Å². The zero-order chi connectivity index (χ0) is 20.5. The van der Waals surface area contributed by atoms with Crippen LogP contribution < -0.4 is 10.6 Å². The van der Waals surface area contributed by atoms with Gasteiger partial charge in [0.25, 0.3) is 0 Å². The Hall–Kier alpha value is -3.54. The van der Waals surface area contributed by atoms with E-state index in [1.807, 2.05) is 37.3 Å². The lowest BCUT2D eigenvalue weighted by Gasteiger charge is -2.08. The topological polar surface area (TPSA) is 79.8 Å². The highest BCUT2D eigenvalue weighted by atomic mass is 16.2. The number of hydrogen-bond donors (Lipinski definition) is 2. The summed E-state index contributed by atoms with van der Waals surface area (Å²) >= 11 is 0. The monoisotopic (exact) mass is 387 g/mol. The SMILES string of the molecule is C=C(/C=C\C)c1cnc2ccc(NC(=O)NCCCCc3ccccc3)nc2n1. The Morgan fingerprint density at radius 3 is 2.72 bits per heavy atom. The number of nitrogens with one attached hydrogen (secondary N) is 2. The number of benzene rings is 1. The first kappa shape index (κ1) is 20.2. The first-order valence-electron chi connectivity index (χ1n) is 9.70. The number of unbranched alkanes of at least 4 members (excludes halogenated alkanes) is 1. The van der Waals surface area contributed by atoms with Crippen molar-refractivity contribution >= 4 is 28.6 Å². The summed E-state index contributed by atoms with van der Waals surface area (Å²) in [6, 6.07) is 13.6. The molecule has 1 aromatic carbocycles. The number of carbonyl (C=O) groups excluding carboxylic acids is 1. The Labute approximate surface area is 170 Å². The molecule has 29 heavy (non-hydrogen) atoms. The van der Waals surface area contributed by atoms with Gasteiger partial charge in [-0.1, -0.05) is 49.1 Å². The lowest BCUT2D eigenvalue weighted by molar-refractivity contribution is 0.252. The zero-order valence-corrected chi connectivity index (χ0v) is 16.6. The van der Waals surface area contributed by atoms with Crippen molar-refractivity contribution in [2.45, 2.75) is 26.2 Å². The van der Waals surface area contributed by atoms with Crippen molar-refractivity contribution in [2.24, 2.45) is 0 Å². The second-order valence-electron chi connectivity index (χ2n) is 6.64. The smallest absolute Gasteiger partial charge is 0.320 e. The molecule has 0 bridgehead atoms. The molecule has 0 aliphatic rings. The lowest BCUT2D eigenvalue weighted by Crippen LogP contribution is -2.29. The van der Waals surface area contributed by atoms with E-state index >= 15 is 0 Å². The Kier molecular flexibility index (Phi) is 7.05. The molecule has 6 nitrogen and oxygen atoms in total. The van der Waals surface area contributed by atoms with Crippen LogP contribution >= 0.6 is 0 Å². The summed E-state index contributed by atoms with van der Waals surface area (Å²) in [6.07, 6.45) is 8.37. The molecule has 0 saturated carbocycles. The predicted octanol–water partition coefficient (Wildman–Crippen LogP) is 4.76. The average molecular weight is 387 g/mol. The number of fused-ring (bicyclic) bond motifs is 1. The molecule has 0 fully saturated rings. The van der Waals surface area contributed by atoms with Gasteiger partial charge in [-0.2, -0.15) is 0 Å². The first-order chi connectivity index (χ1) is 14.2. The van der Waals surface area contributed by atoms with Crippen LogP contribution in [0.25, 0.3) is 16.7 Å². The summed E-state index contributed by atoms with van der Waals surface area (Å²) in [6.45, 7) is 6.49. The molecule has 2 heterocycles. The normalized spacial score (nSPS) is 10.9. The fourth-order valence-corrected chi connectivity index (χ4v) is 2.87. The summed E-state index contributed by atoms with van der Waals surface area (Å²) in [5.74, 6) is 0.433. The highest BCUT2D eigenvalue weighted by molar-refractivity contribution is 5.89. The van der Waals surface area contributed by atoms with Gasteiger partial charge in [-0.25, -0.2) is 14.8 Å². The summed E-state index contributed by atoms with van der Waals surface area (Å²) in [7, 11) is 0. The molecule has 3 aromatic rings. The van der Waals surface area contributed by atoms with Crippen LogP contribution in [0.1, 0.15) is 31.0 Å². The van der Waals surface area contributed by atoms with E-state index in [0.717, 1.165) is 24.8 Å². The van der Waals surface area contributed by atoms with Gasteiger partial charge in [-0.05, 0) is 49.5 Å². The third-order valence-electron chi connectivity index (χ3n) is 4.37. The second kappa shape index (κ2) is 10.1. The molecule has 0 atom stereocenters. The van der Waals surface area contributed by atoms with Gasteiger partial charge in [0.15, 0.2) is 5.65 Å². The van der Waals surface area contributed by atoms with Crippen molar-refractivity contribution in [2.75, 3.05) is 11.9 Å². The molecular formula is C23H25N5O. The minimum atomic E-state index is -0.279. The van der Waals surface area contributed by atoms with Crippen LogP contribution in [0.15, 0.2) is 67.4 Å². The van der Waals surface area contributed by atoms with Crippen molar-refractivity contribution < 1.29 is 4.79 Å². The van der Waals surface area contributed by atoms with Gasteiger partial charge in [0.1, 0.15) is 11.3 Å². The van der Waals surface area contributed by atoms with Gasteiger partial charge in [0, 0.05) is 6.54 Å². The minimum absolute atomic E-state index is 0.279. The van der Waals surface area contributed by atoms with Crippen LogP contribution in [0.3, 0.4) is 0 Å². The Bertz CT molecular complexity index is 1010. The molecule has 2 amide bonds. The molecule has 0 spiro atoms. The number of amides is 2. The maximum atomic E-state index is 12.1. The van der Waals surface area contributed by atoms with E-state index in [1.54, 1.807) is 18.3 Å². The molecule has 6 heteroatoms. The largest absolute Gasteiger partial charge is 0.338 e. The second-order valence-corrected chi connectivity index (χ2v) is 6.64. The lowest BCUT2D eigenvalue weighted by atomic mass is 10.1. The number of nitrogens with zero attached hydrogens (tertiary/aromatic N) is 3. The third-order valence-corrected chi connectivity index (χ3v) is 4.37. The van der Waals surface area contributed by atoms with Crippen LogP contribution in [0.4, 0.5) is 10.6 Å². The maximum absolute atomic E-state index is 12.1. The van der Waals surface area contributed by atoms with Gasteiger partial charge in [0.2, 0.25) is 0 Å². The standard InChI is InChI=1S/C23H25N5O/c1-3-9-17(2)20-16-25-19-13-14-21(27-22(19)26-20)28-23(29)24-15-8-7-12-18-10-5-4-6-11-18/h3-6,9-11,13-14,16H,2,7-8,12,15H2,1H3,(H2,24,26,27,28,29)/b9-3-. The number of carbonyl (C=O) groups is 1. The quantitative estimate of drug-likeness (QED) is 0.431. The summed E-state index contributed by atoms with van der Waals surface area (Å²) < 4.78 is 0. The van der Waals surface area contributed by atoms with Crippen molar-refractivity contribution in [3.8, 4) is 0 Å². The Balaban J connectivity index is 1.51. The molecule has 0 aliphatic carbocycles. The minimum Gasteiger partial charge on any atom is -0.338 e. The molecule has 2 N–H and O–H groups in total. The number of allylic oxidation sites excluding steroid dienone is 3. The molecule has 3 rings (SSSR count). The van der Waals surface area contributed by atoms with E-state index in [-0.39, 0.29) is 6.03 Å². The molecule has 0 aliphatic heterocycles. The maximum Gasteiger partial charge on any atom is 0.320 e. The number of urea groups is 1. The van der Waals surface area contributed by atoms with E-state index < -0.39 is 0 Å². The van der Waals surface area contributed by atoms with Crippen LogP contribution in [-0.4, -0.2) is 27.5 Å². The number of pyridine rings is 1. The van der Waals surface area contributed by atoms with Crippen LogP contribution in [0.5, 0.6) is 0 Å². The van der Waals surface area contributed by atoms with Gasteiger partial charge < -0.3 is 5.32 Å². The van der Waals surface area contributed by atoms with E-state index in [4.69, 9.17) is 0 Å².